The van der Waals surface area contributed by atoms with Gasteiger partial charge in [0.1, 0.15) is 5.75 Å². The van der Waals surface area contributed by atoms with Crippen LogP contribution in [0, 0.1) is 12.8 Å². The van der Waals surface area contributed by atoms with Crippen LogP contribution in [-0.4, -0.2) is 64.5 Å². The topological polar surface area (TPSA) is 88.8 Å². The highest BCUT2D eigenvalue weighted by Crippen LogP contribution is 2.29. The number of aromatic nitrogens is 2. The van der Waals surface area contributed by atoms with Crippen molar-refractivity contribution >= 4 is 11.8 Å². The normalized spacial score (nSPS) is 21.6. The van der Waals surface area contributed by atoms with Crippen molar-refractivity contribution in [3.8, 4) is 5.75 Å². The number of hydrogen-bond acceptors (Lipinski definition) is 6. The molecule has 172 valence electrons. The number of rotatable bonds is 5. The van der Waals surface area contributed by atoms with Crippen LogP contribution in [0.25, 0.3) is 0 Å². The van der Waals surface area contributed by atoms with E-state index < -0.39 is 12.5 Å². The van der Waals surface area contributed by atoms with E-state index in [1.165, 1.54) is 18.2 Å². The fourth-order valence-corrected chi connectivity index (χ4v) is 4.49. The number of amides is 2. The molecule has 2 aliphatic heterocycles. The standard InChI is InChI=1S/C22H26F2N4O4/c1-14-25-19(32-26-14)15-6-4-10-27(12-15)20(29)16-7-5-11-28(13-16)21(30)17-8-2-3-9-18(17)31-22(23)24/h2-3,8-9,15-16,22H,4-7,10-13H2,1H3/t15-,16+/m0/s1. The summed E-state index contributed by atoms with van der Waals surface area (Å²) in [6.45, 7) is 0.622. The minimum Gasteiger partial charge on any atom is -0.434 e. The lowest BCUT2D eigenvalue weighted by Gasteiger charge is -2.37. The van der Waals surface area contributed by atoms with E-state index in [0.717, 1.165) is 12.8 Å². The number of carbonyl (C=O) groups excluding carboxylic acids is 2. The highest BCUT2D eigenvalue weighted by molar-refractivity contribution is 5.97. The molecular weight excluding hydrogens is 422 g/mol. The number of benzene rings is 1. The van der Waals surface area contributed by atoms with Crippen molar-refractivity contribution in [2.45, 2.75) is 45.1 Å². The molecule has 2 amide bonds. The van der Waals surface area contributed by atoms with Crippen LogP contribution in [0.15, 0.2) is 28.8 Å². The van der Waals surface area contributed by atoms with Crippen molar-refractivity contribution in [3.63, 3.8) is 0 Å². The van der Waals surface area contributed by atoms with E-state index >= 15 is 0 Å². The van der Waals surface area contributed by atoms with Gasteiger partial charge >= 0.3 is 6.61 Å². The van der Waals surface area contributed by atoms with Crippen LogP contribution in [-0.2, 0) is 4.79 Å². The van der Waals surface area contributed by atoms with E-state index in [-0.39, 0.29) is 35.6 Å². The number of likely N-dealkylation sites (tertiary alicyclic amines) is 2. The number of carbonyl (C=O) groups is 2. The number of piperidine rings is 2. The third-order valence-electron chi connectivity index (χ3n) is 6.02. The summed E-state index contributed by atoms with van der Waals surface area (Å²) in [6, 6.07) is 5.95. The van der Waals surface area contributed by atoms with Crippen molar-refractivity contribution in [2.75, 3.05) is 26.2 Å². The molecule has 0 aliphatic carbocycles. The quantitative estimate of drug-likeness (QED) is 0.698. The summed E-state index contributed by atoms with van der Waals surface area (Å²) in [5, 5.41) is 3.84. The monoisotopic (exact) mass is 448 g/mol. The Morgan fingerprint density at radius 1 is 1.12 bits per heavy atom. The Labute approximate surface area is 184 Å². The average molecular weight is 448 g/mol. The van der Waals surface area contributed by atoms with Crippen LogP contribution < -0.4 is 4.74 Å². The molecule has 8 nitrogen and oxygen atoms in total. The van der Waals surface area contributed by atoms with Crippen LogP contribution in [0.2, 0.25) is 0 Å². The number of para-hydroxylation sites is 1. The Morgan fingerprint density at radius 2 is 1.88 bits per heavy atom. The maximum atomic E-state index is 13.2. The number of ether oxygens (including phenoxy) is 1. The van der Waals surface area contributed by atoms with Crippen LogP contribution in [0.5, 0.6) is 5.75 Å². The summed E-state index contributed by atoms with van der Waals surface area (Å²) >= 11 is 0. The lowest BCUT2D eigenvalue weighted by atomic mass is 9.92. The molecule has 2 atom stereocenters. The molecule has 0 N–H and O–H groups in total. The number of aryl methyl sites for hydroxylation is 1. The first-order valence-electron chi connectivity index (χ1n) is 10.8. The summed E-state index contributed by atoms with van der Waals surface area (Å²) in [4.78, 5) is 34.0. The van der Waals surface area contributed by atoms with E-state index in [2.05, 4.69) is 14.9 Å². The van der Waals surface area contributed by atoms with Crippen LogP contribution in [0.3, 0.4) is 0 Å². The highest BCUT2D eigenvalue weighted by atomic mass is 19.3. The van der Waals surface area contributed by atoms with Crippen molar-refractivity contribution in [3.05, 3.63) is 41.5 Å². The first-order chi connectivity index (χ1) is 15.4. The van der Waals surface area contributed by atoms with Gasteiger partial charge in [-0.05, 0) is 44.7 Å². The van der Waals surface area contributed by atoms with Crippen molar-refractivity contribution in [1.29, 1.82) is 0 Å². The van der Waals surface area contributed by atoms with Gasteiger partial charge < -0.3 is 19.1 Å². The van der Waals surface area contributed by atoms with Crippen molar-refractivity contribution in [1.82, 2.24) is 19.9 Å². The number of nitrogens with zero attached hydrogens (tertiary/aromatic N) is 4. The van der Waals surface area contributed by atoms with Gasteiger partial charge in [-0.25, -0.2) is 0 Å². The maximum Gasteiger partial charge on any atom is 0.387 e. The SMILES string of the molecule is Cc1noc([C@H]2CCCN(C(=O)[C@@H]3CCCN(C(=O)c4ccccc4OC(F)F)C3)C2)n1. The summed E-state index contributed by atoms with van der Waals surface area (Å²) in [5.41, 5.74) is 0.0747. The predicted octanol–water partition coefficient (Wildman–Crippen LogP) is 3.24. The molecule has 32 heavy (non-hydrogen) atoms. The molecule has 2 saturated heterocycles. The summed E-state index contributed by atoms with van der Waals surface area (Å²) in [5.74, 6) is 0.233. The van der Waals surface area contributed by atoms with E-state index in [1.54, 1.807) is 17.9 Å². The Bertz CT molecular complexity index is 967. The molecule has 0 saturated carbocycles. The van der Waals surface area contributed by atoms with E-state index in [1.807, 2.05) is 4.90 Å². The summed E-state index contributed by atoms with van der Waals surface area (Å²) < 4.78 is 35.2. The Morgan fingerprint density at radius 3 is 2.62 bits per heavy atom. The average Bonchev–Trinajstić information content (AvgIpc) is 3.24. The fraction of sp³-hybridized carbons (Fsp3) is 0.545. The lowest BCUT2D eigenvalue weighted by molar-refractivity contribution is -0.138. The Kier molecular flexibility index (Phi) is 6.66. The van der Waals surface area contributed by atoms with E-state index in [9.17, 15) is 18.4 Å². The zero-order valence-electron chi connectivity index (χ0n) is 17.9. The van der Waals surface area contributed by atoms with Crippen LogP contribution in [0.1, 0.15) is 53.7 Å². The first-order valence-corrected chi connectivity index (χ1v) is 10.8. The molecule has 0 radical (unpaired) electrons. The van der Waals surface area contributed by atoms with Gasteiger partial charge in [-0.2, -0.15) is 13.8 Å². The molecule has 3 heterocycles. The summed E-state index contributed by atoms with van der Waals surface area (Å²) in [6.07, 6.45) is 3.06. The van der Waals surface area contributed by atoms with Gasteiger partial charge in [0.05, 0.1) is 17.4 Å². The molecule has 2 fully saturated rings. The molecule has 1 aromatic heterocycles. The highest BCUT2D eigenvalue weighted by Gasteiger charge is 2.35. The van der Waals surface area contributed by atoms with Gasteiger partial charge in [0.25, 0.3) is 5.91 Å². The third-order valence-corrected chi connectivity index (χ3v) is 6.02. The molecule has 0 unspecified atom stereocenters. The zero-order chi connectivity index (χ0) is 22.7. The van der Waals surface area contributed by atoms with E-state index in [4.69, 9.17) is 4.52 Å². The molecular formula is C22H26F2N4O4. The molecule has 1 aromatic carbocycles. The second kappa shape index (κ2) is 9.62. The Balaban J connectivity index is 1.42. The largest absolute Gasteiger partial charge is 0.434 e. The molecule has 4 rings (SSSR count). The van der Waals surface area contributed by atoms with Gasteiger partial charge in [-0.15, -0.1) is 0 Å². The second-order valence-electron chi connectivity index (χ2n) is 8.27. The second-order valence-corrected chi connectivity index (χ2v) is 8.27. The van der Waals surface area contributed by atoms with Gasteiger partial charge in [-0.1, -0.05) is 17.3 Å². The van der Waals surface area contributed by atoms with Crippen LogP contribution in [0.4, 0.5) is 8.78 Å². The van der Waals surface area contributed by atoms with Gasteiger partial charge in [0, 0.05) is 26.2 Å². The number of halogens is 2. The van der Waals surface area contributed by atoms with Gasteiger partial charge in [0.2, 0.25) is 11.8 Å². The molecule has 2 aromatic rings. The van der Waals surface area contributed by atoms with Crippen molar-refractivity contribution < 1.29 is 27.6 Å². The molecule has 10 heteroatoms. The van der Waals surface area contributed by atoms with E-state index in [0.29, 0.717) is 44.2 Å². The fourth-order valence-electron chi connectivity index (χ4n) is 4.49. The molecule has 0 spiro atoms. The smallest absolute Gasteiger partial charge is 0.387 e. The third kappa shape index (κ3) is 4.89. The van der Waals surface area contributed by atoms with Gasteiger partial charge in [0.15, 0.2) is 5.82 Å². The van der Waals surface area contributed by atoms with Gasteiger partial charge in [-0.3, -0.25) is 9.59 Å². The van der Waals surface area contributed by atoms with Crippen LogP contribution >= 0.6 is 0 Å². The van der Waals surface area contributed by atoms with Crippen molar-refractivity contribution in [2.24, 2.45) is 5.92 Å². The minimum absolute atomic E-state index is 0.000512. The predicted molar refractivity (Wildman–Crippen MR) is 109 cm³/mol. The minimum atomic E-state index is -3.02. The maximum absolute atomic E-state index is 13.2. The first kappa shape index (κ1) is 22.2. The lowest BCUT2D eigenvalue weighted by Crippen LogP contribution is -2.49. The molecule has 2 aliphatic rings. The number of hydrogen-bond donors (Lipinski definition) is 0. The molecule has 0 bridgehead atoms. The Hall–Kier alpha value is -3.04. The zero-order valence-corrected chi connectivity index (χ0v) is 17.9. The summed E-state index contributed by atoms with van der Waals surface area (Å²) in [7, 11) is 0. The number of alkyl halides is 2.